The van der Waals surface area contributed by atoms with Gasteiger partial charge in [0.1, 0.15) is 16.4 Å². The van der Waals surface area contributed by atoms with Gasteiger partial charge in [-0.3, -0.25) is 4.90 Å². The molecule has 1 amide bonds. The van der Waals surface area contributed by atoms with E-state index in [1.54, 1.807) is 6.92 Å². The molecule has 0 spiro atoms. The maximum absolute atomic E-state index is 15.2. The van der Waals surface area contributed by atoms with E-state index < -0.39 is 49.1 Å². The van der Waals surface area contributed by atoms with Gasteiger partial charge < -0.3 is 9.84 Å². The molecule has 1 aromatic heterocycles. The Morgan fingerprint density at radius 3 is 2.69 bits per heavy atom. The van der Waals surface area contributed by atoms with E-state index in [2.05, 4.69) is 9.88 Å². The fourth-order valence-corrected chi connectivity index (χ4v) is 6.14. The van der Waals surface area contributed by atoms with Crippen molar-refractivity contribution in [1.29, 1.82) is 0 Å². The zero-order chi connectivity index (χ0) is 25.4. The lowest BCUT2D eigenvalue weighted by Crippen LogP contribution is -2.37. The normalized spacial score (nSPS) is 18.5. The van der Waals surface area contributed by atoms with Crippen molar-refractivity contribution < 1.29 is 31.8 Å². The number of thiazole rings is 1. The number of likely N-dealkylation sites (tertiary alicyclic amines) is 1. The number of amides is 1. The van der Waals surface area contributed by atoms with Crippen LogP contribution in [0.25, 0.3) is 0 Å². The molecule has 0 bridgehead atoms. The van der Waals surface area contributed by atoms with Gasteiger partial charge in [0.2, 0.25) is 0 Å². The first-order valence-corrected chi connectivity index (χ1v) is 13.1. The summed E-state index contributed by atoms with van der Waals surface area (Å²) in [4.78, 5) is 15.9. The number of nitrogens with zero attached hydrogens (tertiary/aromatic N) is 3. The molecule has 35 heavy (non-hydrogen) atoms. The van der Waals surface area contributed by atoms with Crippen molar-refractivity contribution in [2.45, 2.75) is 30.4 Å². The van der Waals surface area contributed by atoms with Gasteiger partial charge >= 0.3 is 6.09 Å². The van der Waals surface area contributed by atoms with Crippen LogP contribution in [0.2, 0.25) is 5.02 Å². The van der Waals surface area contributed by atoms with E-state index in [4.69, 9.17) is 16.3 Å². The van der Waals surface area contributed by atoms with E-state index in [1.807, 2.05) is 30.3 Å². The Kier molecular flexibility index (Phi) is 7.00. The highest BCUT2D eigenvalue weighted by atomic mass is 35.5. The van der Waals surface area contributed by atoms with E-state index in [0.29, 0.717) is 32.1 Å². The third-order valence-corrected chi connectivity index (χ3v) is 8.14. The molecule has 2 heterocycles. The molecule has 3 aromatic rings. The van der Waals surface area contributed by atoms with Gasteiger partial charge in [0, 0.05) is 37.5 Å². The second kappa shape index (κ2) is 9.69. The van der Waals surface area contributed by atoms with Crippen molar-refractivity contribution in [2.24, 2.45) is 0 Å². The summed E-state index contributed by atoms with van der Waals surface area (Å²) in [5.41, 5.74) is 1.44. The molecule has 8 nitrogen and oxygen atoms in total. The zero-order valence-electron chi connectivity index (χ0n) is 18.3. The zero-order valence-corrected chi connectivity index (χ0v) is 20.7. The number of ether oxygens (including phenoxy) is 1. The Hall–Kier alpha value is -2.80. The lowest BCUT2D eigenvalue weighted by Gasteiger charge is -2.27. The summed E-state index contributed by atoms with van der Waals surface area (Å²) in [6, 6.07) is 10.4. The number of rotatable bonds is 7. The molecule has 1 aliphatic rings. The third kappa shape index (κ3) is 5.10. The van der Waals surface area contributed by atoms with Crippen molar-refractivity contribution in [3.8, 4) is 5.75 Å². The fraction of sp³-hybridized carbons (Fsp3) is 0.273. The van der Waals surface area contributed by atoms with Crippen LogP contribution >= 0.6 is 22.9 Å². The summed E-state index contributed by atoms with van der Waals surface area (Å²) in [6.07, 6.45) is -1.45. The molecule has 1 saturated heterocycles. The molecule has 4 rings (SSSR count). The first-order chi connectivity index (χ1) is 16.5. The maximum Gasteiger partial charge on any atom is 0.427 e. The summed E-state index contributed by atoms with van der Waals surface area (Å²) in [5, 5.41) is 9.75. The number of sulfonamides is 1. The second-order valence-corrected chi connectivity index (χ2v) is 11.0. The van der Waals surface area contributed by atoms with Crippen molar-refractivity contribution in [3.05, 3.63) is 69.5 Å². The molecule has 2 aromatic carbocycles. The van der Waals surface area contributed by atoms with Crippen LogP contribution in [0.3, 0.4) is 0 Å². The van der Waals surface area contributed by atoms with Crippen LogP contribution in [0.5, 0.6) is 5.75 Å². The predicted molar refractivity (Wildman–Crippen MR) is 127 cm³/mol. The largest absolute Gasteiger partial charge is 0.484 e. The Labute approximate surface area is 209 Å². The second-order valence-electron chi connectivity index (χ2n) is 8.21. The summed E-state index contributed by atoms with van der Waals surface area (Å²) >= 11 is 6.98. The van der Waals surface area contributed by atoms with Gasteiger partial charge in [-0.2, -0.15) is 0 Å². The van der Waals surface area contributed by atoms with Crippen LogP contribution in [0.1, 0.15) is 18.9 Å². The van der Waals surface area contributed by atoms with Crippen LogP contribution in [-0.2, 0) is 16.6 Å². The molecular formula is C22H20ClF2N3O5S2. The van der Waals surface area contributed by atoms with E-state index in [-0.39, 0.29) is 10.1 Å². The average molecular weight is 544 g/mol. The molecule has 0 aliphatic carbocycles. The summed E-state index contributed by atoms with van der Waals surface area (Å²) in [7, 11) is -5.23. The minimum atomic E-state index is -5.23. The lowest BCUT2D eigenvalue weighted by atomic mass is 10.1. The van der Waals surface area contributed by atoms with E-state index >= 15 is 8.78 Å². The molecule has 1 aliphatic heterocycles. The minimum absolute atomic E-state index is 0.207. The number of carbonyl (C=O) groups is 1. The van der Waals surface area contributed by atoms with E-state index in [9.17, 15) is 18.3 Å². The number of benzene rings is 2. The summed E-state index contributed by atoms with van der Waals surface area (Å²) in [5.74, 6) is -4.08. The van der Waals surface area contributed by atoms with Crippen molar-refractivity contribution in [3.63, 3.8) is 0 Å². The minimum Gasteiger partial charge on any atom is -0.484 e. The first kappa shape index (κ1) is 25.3. The van der Waals surface area contributed by atoms with Crippen LogP contribution in [0, 0.1) is 11.6 Å². The number of hydrogen-bond acceptors (Lipinski definition) is 7. The molecule has 1 fully saturated rings. The first-order valence-electron chi connectivity index (χ1n) is 10.3. The van der Waals surface area contributed by atoms with Gasteiger partial charge in [-0.15, -0.1) is 15.6 Å². The number of hydrogen-bond donors (Lipinski definition) is 1. The van der Waals surface area contributed by atoms with Crippen molar-refractivity contribution in [1.82, 2.24) is 9.88 Å². The van der Waals surface area contributed by atoms with Gasteiger partial charge in [-0.1, -0.05) is 41.9 Å². The van der Waals surface area contributed by atoms with Gasteiger partial charge in [0.25, 0.3) is 10.0 Å². The highest BCUT2D eigenvalue weighted by Gasteiger charge is 2.41. The quantitative estimate of drug-likeness (QED) is 0.419. The molecule has 1 N–H and O–H groups in total. The smallest absolute Gasteiger partial charge is 0.427 e. The Morgan fingerprint density at radius 1 is 1.34 bits per heavy atom. The molecule has 1 atom stereocenters. The van der Waals surface area contributed by atoms with Crippen molar-refractivity contribution >= 4 is 44.9 Å². The fourth-order valence-electron chi connectivity index (χ4n) is 3.94. The Morgan fingerprint density at radius 2 is 2.06 bits per heavy atom. The number of carboxylic acid groups (broad SMARTS) is 1. The van der Waals surface area contributed by atoms with Gasteiger partial charge in [-0.25, -0.2) is 27.0 Å². The SMILES string of the molecule is CC1(Oc2cc(F)c(S(=O)(=O)N(C(=O)O)c3cscn3)c(F)c2Cl)CCN(Cc2ccccc2)C1. The highest BCUT2D eigenvalue weighted by Crippen LogP contribution is 2.39. The van der Waals surface area contributed by atoms with Crippen molar-refractivity contribution in [2.75, 3.05) is 17.4 Å². The van der Waals surface area contributed by atoms with Crippen LogP contribution in [0.4, 0.5) is 19.4 Å². The van der Waals surface area contributed by atoms with Gasteiger partial charge in [-0.05, 0) is 12.5 Å². The summed E-state index contributed by atoms with van der Waals surface area (Å²) in [6.45, 7) is 3.54. The lowest BCUT2D eigenvalue weighted by molar-refractivity contribution is 0.0941. The monoisotopic (exact) mass is 543 g/mol. The maximum atomic E-state index is 15.2. The van der Waals surface area contributed by atoms with E-state index in [1.165, 1.54) is 5.51 Å². The predicted octanol–water partition coefficient (Wildman–Crippen LogP) is 4.99. The summed E-state index contributed by atoms with van der Waals surface area (Å²) < 4.78 is 61.7. The molecule has 13 heteroatoms. The van der Waals surface area contributed by atoms with Crippen LogP contribution < -0.4 is 9.04 Å². The average Bonchev–Trinajstić information content (AvgIpc) is 3.42. The van der Waals surface area contributed by atoms with Crippen LogP contribution in [-0.4, -0.2) is 48.2 Å². The highest BCUT2D eigenvalue weighted by molar-refractivity contribution is 7.93. The molecule has 0 saturated carbocycles. The number of anilines is 1. The van der Waals surface area contributed by atoms with Gasteiger partial charge in [0.05, 0.1) is 5.51 Å². The Bertz CT molecular complexity index is 1340. The third-order valence-electron chi connectivity index (χ3n) is 5.50. The number of halogens is 3. The molecule has 186 valence electrons. The topological polar surface area (TPSA) is 100 Å². The standard InChI is InChI=1S/C22H20ClF2N3O5S2/c1-22(7-8-27(12-22)10-14-5-3-2-4-6-14)33-16-9-15(24)20(19(25)18(16)23)35(31,32)28(21(29)30)17-11-34-13-26-17/h2-6,9,11,13H,7-8,10,12H2,1H3,(H,29,30). The molecule has 0 radical (unpaired) electrons. The van der Waals surface area contributed by atoms with E-state index in [0.717, 1.165) is 22.3 Å². The van der Waals surface area contributed by atoms with Gasteiger partial charge in [0.15, 0.2) is 22.3 Å². The number of aromatic nitrogens is 1. The molecule has 1 unspecified atom stereocenters. The van der Waals surface area contributed by atoms with Crippen LogP contribution in [0.15, 0.2) is 52.2 Å². The molecular weight excluding hydrogens is 524 g/mol. The Balaban J connectivity index is 1.61.